The fourth-order valence-corrected chi connectivity index (χ4v) is 3.64. The second-order valence-electron chi connectivity index (χ2n) is 5.96. The molecule has 3 N–H and O–H groups in total. The molecule has 124 valence electrons. The molecule has 2 amide bonds. The summed E-state index contributed by atoms with van der Waals surface area (Å²) in [4.78, 5) is 36.6. The number of hydrogen-bond donors (Lipinski definition) is 3. The molecule has 1 saturated heterocycles. The van der Waals surface area contributed by atoms with Gasteiger partial charge in [0.1, 0.15) is 12.1 Å². The van der Waals surface area contributed by atoms with Crippen LogP contribution in [0.15, 0.2) is 0 Å². The molecule has 0 unspecified atom stereocenters. The van der Waals surface area contributed by atoms with Gasteiger partial charge in [0.25, 0.3) is 0 Å². The van der Waals surface area contributed by atoms with Crippen molar-refractivity contribution in [1.82, 2.24) is 10.2 Å². The maximum Gasteiger partial charge on any atom is 0.405 e. The molecule has 8 nitrogen and oxygen atoms in total. The quantitative estimate of drug-likeness (QED) is 0.681. The molecule has 22 heavy (non-hydrogen) atoms. The Morgan fingerprint density at radius 1 is 1.27 bits per heavy atom. The molecule has 1 heterocycles. The van der Waals surface area contributed by atoms with Crippen LogP contribution in [0.4, 0.5) is 4.79 Å². The van der Waals surface area contributed by atoms with E-state index in [9.17, 15) is 19.5 Å². The maximum absolute atomic E-state index is 12.8. The van der Waals surface area contributed by atoms with Gasteiger partial charge in [-0.1, -0.05) is 6.42 Å². The predicted molar refractivity (Wildman–Crippen MR) is 75.4 cm³/mol. The van der Waals surface area contributed by atoms with E-state index >= 15 is 0 Å². The standard InChI is InChI=1S/C14H22N2O6/c1-7(22-2)11(15-14(20)21)12(17)16-9-5-3-4-8(9)6-10(16)13(18)19/h7-11,15H,3-6H2,1-2H3,(H,18,19)(H,20,21)/t7-,8+,9+,10-,11+/m1/s1. The van der Waals surface area contributed by atoms with Gasteiger partial charge in [-0.2, -0.15) is 0 Å². The highest BCUT2D eigenvalue weighted by Gasteiger charge is 2.50. The lowest BCUT2D eigenvalue weighted by Crippen LogP contribution is -2.57. The number of rotatable bonds is 5. The number of likely N-dealkylation sites (tertiary alicyclic amines) is 1. The molecule has 5 atom stereocenters. The number of hydrogen-bond acceptors (Lipinski definition) is 4. The van der Waals surface area contributed by atoms with E-state index in [2.05, 4.69) is 5.32 Å². The smallest absolute Gasteiger partial charge is 0.405 e. The monoisotopic (exact) mass is 314 g/mol. The highest BCUT2D eigenvalue weighted by atomic mass is 16.5. The van der Waals surface area contributed by atoms with Gasteiger partial charge < -0.3 is 25.2 Å². The molecular formula is C14H22N2O6. The van der Waals surface area contributed by atoms with E-state index in [1.807, 2.05) is 0 Å². The van der Waals surface area contributed by atoms with Crippen molar-refractivity contribution in [2.75, 3.05) is 7.11 Å². The van der Waals surface area contributed by atoms with Gasteiger partial charge >= 0.3 is 12.1 Å². The zero-order valence-corrected chi connectivity index (χ0v) is 12.7. The number of aliphatic carboxylic acids is 1. The van der Waals surface area contributed by atoms with E-state index in [1.54, 1.807) is 6.92 Å². The minimum Gasteiger partial charge on any atom is -0.480 e. The van der Waals surface area contributed by atoms with Crippen LogP contribution in [0.1, 0.15) is 32.6 Å². The van der Waals surface area contributed by atoms with E-state index in [4.69, 9.17) is 9.84 Å². The topological polar surface area (TPSA) is 116 Å². The van der Waals surface area contributed by atoms with Crippen LogP contribution < -0.4 is 5.32 Å². The number of fused-ring (bicyclic) bond motifs is 1. The second-order valence-corrected chi connectivity index (χ2v) is 5.96. The van der Waals surface area contributed by atoms with Crippen molar-refractivity contribution in [3.8, 4) is 0 Å². The van der Waals surface area contributed by atoms with Crippen molar-refractivity contribution in [2.24, 2.45) is 5.92 Å². The number of carboxylic acids is 1. The number of nitrogens with zero attached hydrogens (tertiary/aromatic N) is 1. The van der Waals surface area contributed by atoms with Crippen molar-refractivity contribution in [3.63, 3.8) is 0 Å². The summed E-state index contributed by atoms with van der Waals surface area (Å²) in [6.07, 6.45) is 1.06. The van der Waals surface area contributed by atoms with Crippen LogP contribution in [0, 0.1) is 5.92 Å². The van der Waals surface area contributed by atoms with Gasteiger partial charge in [0.2, 0.25) is 5.91 Å². The minimum absolute atomic E-state index is 0.115. The highest BCUT2D eigenvalue weighted by molar-refractivity contribution is 5.90. The Labute approximate surface area is 128 Å². The number of nitrogens with one attached hydrogen (secondary N) is 1. The number of methoxy groups -OCH3 is 1. The average molecular weight is 314 g/mol. The van der Waals surface area contributed by atoms with Crippen LogP contribution in [0.5, 0.6) is 0 Å². The fraction of sp³-hybridized carbons (Fsp3) is 0.786. The molecule has 1 aliphatic heterocycles. The number of carboxylic acid groups (broad SMARTS) is 2. The zero-order valence-electron chi connectivity index (χ0n) is 12.7. The Morgan fingerprint density at radius 3 is 2.50 bits per heavy atom. The summed E-state index contributed by atoms with van der Waals surface area (Å²) in [5, 5.41) is 20.5. The largest absolute Gasteiger partial charge is 0.480 e. The number of ether oxygens (including phenoxy) is 1. The van der Waals surface area contributed by atoms with Gasteiger partial charge in [0, 0.05) is 13.2 Å². The first-order chi connectivity index (χ1) is 10.4. The molecule has 1 aliphatic carbocycles. The summed E-state index contributed by atoms with van der Waals surface area (Å²) >= 11 is 0. The first kappa shape index (κ1) is 16.5. The van der Waals surface area contributed by atoms with E-state index < -0.39 is 36.2 Å². The van der Waals surface area contributed by atoms with E-state index in [0.29, 0.717) is 6.42 Å². The minimum atomic E-state index is -1.34. The molecule has 2 rings (SSSR count). The van der Waals surface area contributed by atoms with Gasteiger partial charge in [-0.15, -0.1) is 0 Å². The summed E-state index contributed by atoms with van der Waals surface area (Å²) in [6.45, 7) is 1.58. The Hall–Kier alpha value is -1.83. The zero-order chi connectivity index (χ0) is 16.4. The lowest BCUT2D eigenvalue weighted by molar-refractivity contribution is -0.152. The molecule has 1 saturated carbocycles. The van der Waals surface area contributed by atoms with Gasteiger partial charge in [0.05, 0.1) is 6.10 Å². The van der Waals surface area contributed by atoms with Crippen molar-refractivity contribution in [1.29, 1.82) is 0 Å². The van der Waals surface area contributed by atoms with Crippen LogP contribution in [-0.4, -0.2) is 64.4 Å². The van der Waals surface area contributed by atoms with Crippen LogP contribution in [0.2, 0.25) is 0 Å². The van der Waals surface area contributed by atoms with Crippen molar-refractivity contribution in [3.05, 3.63) is 0 Å². The van der Waals surface area contributed by atoms with E-state index in [0.717, 1.165) is 19.3 Å². The third-order valence-corrected chi connectivity index (χ3v) is 4.76. The number of carbonyl (C=O) groups excluding carboxylic acids is 1. The lowest BCUT2D eigenvalue weighted by Gasteiger charge is -2.33. The van der Waals surface area contributed by atoms with Crippen molar-refractivity contribution >= 4 is 18.0 Å². The Kier molecular flexibility index (Phi) is 4.90. The van der Waals surface area contributed by atoms with Crippen LogP contribution >= 0.6 is 0 Å². The molecule has 0 aromatic heterocycles. The number of carbonyl (C=O) groups is 3. The molecule has 0 spiro atoms. The van der Waals surface area contributed by atoms with Crippen molar-refractivity contribution < 1.29 is 29.3 Å². The Balaban J connectivity index is 2.25. The highest BCUT2D eigenvalue weighted by Crippen LogP contribution is 2.41. The summed E-state index contributed by atoms with van der Waals surface area (Å²) in [5.41, 5.74) is 0. The first-order valence-electron chi connectivity index (χ1n) is 7.44. The van der Waals surface area contributed by atoms with Gasteiger partial charge in [-0.05, 0) is 32.1 Å². The maximum atomic E-state index is 12.8. The summed E-state index contributed by atoms with van der Waals surface area (Å²) in [5.74, 6) is -1.37. The molecule has 0 aromatic carbocycles. The molecule has 0 radical (unpaired) electrons. The third-order valence-electron chi connectivity index (χ3n) is 4.76. The molecular weight excluding hydrogens is 292 g/mol. The molecule has 2 aliphatic rings. The van der Waals surface area contributed by atoms with Crippen LogP contribution in [0.3, 0.4) is 0 Å². The number of amides is 2. The average Bonchev–Trinajstić information content (AvgIpc) is 3.03. The van der Waals surface area contributed by atoms with Gasteiger partial charge in [0.15, 0.2) is 0 Å². The molecule has 0 bridgehead atoms. The van der Waals surface area contributed by atoms with Gasteiger partial charge in [-0.3, -0.25) is 4.79 Å². The van der Waals surface area contributed by atoms with Crippen molar-refractivity contribution in [2.45, 2.75) is 56.8 Å². The second kappa shape index (κ2) is 6.51. The SMILES string of the molecule is CO[C@H](C)[C@H](NC(=O)O)C(=O)N1[C@@H](C(=O)O)C[C@@H]2CCC[C@@H]21. The molecule has 8 heteroatoms. The predicted octanol–water partition coefficient (Wildman–Crippen LogP) is 0.512. The Morgan fingerprint density at radius 2 is 1.95 bits per heavy atom. The van der Waals surface area contributed by atoms with Crippen LogP contribution in [0.25, 0.3) is 0 Å². The van der Waals surface area contributed by atoms with E-state index in [-0.39, 0.29) is 12.0 Å². The molecule has 0 aromatic rings. The first-order valence-corrected chi connectivity index (χ1v) is 7.44. The third kappa shape index (κ3) is 3.01. The Bertz CT molecular complexity index is 468. The summed E-state index contributed by atoms with van der Waals surface area (Å²) < 4.78 is 5.08. The fourth-order valence-electron chi connectivity index (χ4n) is 3.64. The normalized spacial score (nSPS) is 29.7. The summed E-state index contributed by atoms with van der Waals surface area (Å²) in [7, 11) is 1.38. The van der Waals surface area contributed by atoms with E-state index in [1.165, 1.54) is 12.0 Å². The summed E-state index contributed by atoms with van der Waals surface area (Å²) in [6, 6.07) is -2.11. The van der Waals surface area contributed by atoms with Gasteiger partial charge in [-0.25, -0.2) is 9.59 Å². The lowest BCUT2D eigenvalue weighted by atomic mass is 10.0. The van der Waals surface area contributed by atoms with Crippen LogP contribution in [-0.2, 0) is 14.3 Å². The molecule has 2 fully saturated rings.